The molecule has 0 bridgehead atoms. The van der Waals surface area contributed by atoms with Crippen molar-refractivity contribution in [3.8, 4) is 5.75 Å². The molecule has 0 fully saturated rings. The van der Waals surface area contributed by atoms with Gasteiger partial charge in [0.25, 0.3) is 0 Å². The summed E-state index contributed by atoms with van der Waals surface area (Å²) in [7, 11) is 0. The van der Waals surface area contributed by atoms with Gasteiger partial charge in [-0.1, -0.05) is 0 Å². The summed E-state index contributed by atoms with van der Waals surface area (Å²) in [6.07, 6.45) is -0.565. The maximum absolute atomic E-state index is 11.3. The number of benzene rings is 1. The van der Waals surface area contributed by atoms with Crippen molar-refractivity contribution in [3.05, 3.63) is 27.8 Å². The molecule has 15 heavy (non-hydrogen) atoms. The number of carbonyl (C=O) groups excluding carboxylic acids is 1. The number of esters is 1. The van der Waals surface area contributed by atoms with Gasteiger partial charge in [0.05, 0.1) is 6.61 Å². The van der Waals surface area contributed by atoms with Gasteiger partial charge in [-0.15, -0.1) is 0 Å². The molecule has 1 atom stereocenters. The van der Waals surface area contributed by atoms with Crippen LogP contribution in [0.25, 0.3) is 0 Å². The van der Waals surface area contributed by atoms with E-state index in [9.17, 15) is 4.79 Å². The number of hydrogen-bond acceptors (Lipinski definition) is 3. The number of hydrogen-bond donors (Lipinski definition) is 0. The lowest BCUT2D eigenvalue weighted by Gasteiger charge is -2.13. The monoisotopic (exact) mass is 320 g/mol. The lowest BCUT2D eigenvalue weighted by Crippen LogP contribution is -2.25. The molecule has 0 amide bonds. The number of rotatable bonds is 4. The van der Waals surface area contributed by atoms with E-state index in [1.165, 1.54) is 0 Å². The van der Waals surface area contributed by atoms with Crippen LogP contribution in [0.15, 0.2) is 24.3 Å². The molecule has 4 heteroatoms. The van der Waals surface area contributed by atoms with E-state index in [4.69, 9.17) is 9.47 Å². The van der Waals surface area contributed by atoms with Crippen molar-refractivity contribution in [2.24, 2.45) is 0 Å². The molecule has 0 heterocycles. The molecule has 82 valence electrons. The van der Waals surface area contributed by atoms with Gasteiger partial charge in [0, 0.05) is 3.57 Å². The fraction of sp³-hybridized carbons (Fsp3) is 0.364. The minimum atomic E-state index is -0.565. The van der Waals surface area contributed by atoms with Crippen LogP contribution in [0.3, 0.4) is 0 Å². The highest BCUT2D eigenvalue weighted by Gasteiger charge is 2.15. The molecule has 3 nitrogen and oxygen atoms in total. The average Bonchev–Trinajstić information content (AvgIpc) is 2.22. The molecule has 0 saturated carbocycles. The summed E-state index contributed by atoms with van der Waals surface area (Å²) in [6.45, 7) is 3.82. The van der Waals surface area contributed by atoms with Crippen molar-refractivity contribution in [1.82, 2.24) is 0 Å². The Morgan fingerprint density at radius 2 is 2.00 bits per heavy atom. The van der Waals surface area contributed by atoms with Crippen LogP contribution >= 0.6 is 22.6 Å². The van der Waals surface area contributed by atoms with E-state index in [-0.39, 0.29) is 5.97 Å². The van der Waals surface area contributed by atoms with Crippen LogP contribution in [-0.4, -0.2) is 18.7 Å². The van der Waals surface area contributed by atoms with E-state index >= 15 is 0 Å². The minimum Gasteiger partial charge on any atom is -0.479 e. The second-order valence-corrected chi connectivity index (χ2v) is 4.21. The Morgan fingerprint density at radius 3 is 2.53 bits per heavy atom. The van der Waals surface area contributed by atoms with Gasteiger partial charge in [0.15, 0.2) is 6.10 Å². The van der Waals surface area contributed by atoms with Gasteiger partial charge in [-0.25, -0.2) is 4.79 Å². The average molecular weight is 320 g/mol. The van der Waals surface area contributed by atoms with E-state index in [0.29, 0.717) is 12.4 Å². The Balaban J connectivity index is 2.54. The van der Waals surface area contributed by atoms with Gasteiger partial charge in [0.2, 0.25) is 0 Å². The zero-order valence-electron chi connectivity index (χ0n) is 8.70. The first-order chi connectivity index (χ1) is 7.13. The van der Waals surface area contributed by atoms with Crippen LogP contribution in [0.1, 0.15) is 13.8 Å². The van der Waals surface area contributed by atoms with Gasteiger partial charge in [-0.05, 0) is 60.7 Å². The summed E-state index contributed by atoms with van der Waals surface area (Å²) in [6, 6.07) is 7.51. The lowest BCUT2D eigenvalue weighted by atomic mass is 10.3. The van der Waals surface area contributed by atoms with Crippen molar-refractivity contribution in [2.75, 3.05) is 6.61 Å². The Morgan fingerprint density at radius 1 is 1.40 bits per heavy atom. The first kappa shape index (κ1) is 12.3. The maximum atomic E-state index is 11.3. The summed E-state index contributed by atoms with van der Waals surface area (Å²) in [5, 5.41) is 0. The predicted octanol–water partition coefficient (Wildman–Crippen LogP) is 2.62. The van der Waals surface area contributed by atoms with E-state index in [2.05, 4.69) is 22.6 Å². The molecule has 0 saturated heterocycles. The molecule has 1 aromatic rings. The van der Waals surface area contributed by atoms with Gasteiger partial charge in [0.1, 0.15) is 5.75 Å². The Kier molecular flexibility index (Phi) is 4.87. The zero-order chi connectivity index (χ0) is 11.3. The van der Waals surface area contributed by atoms with Gasteiger partial charge in [-0.3, -0.25) is 0 Å². The lowest BCUT2D eigenvalue weighted by molar-refractivity contribution is -0.150. The molecule has 0 radical (unpaired) electrons. The van der Waals surface area contributed by atoms with Crippen LogP contribution in [0, 0.1) is 3.57 Å². The van der Waals surface area contributed by atoms with Crippen LogP contribution in [0.5, 0.6) is 5.75 Å². The van der Waals surface area contributed by atoms with E-state index < -0.39 is 6.10 Å². The number of carbonyl (C=O) groups is 1. The largest absolute Gasteiger partial charge is 0.479 e. The van der Waals surface area contributed by atoms with E-state index in [0.717, 1.165) is 3.57 Å². The van der Waals surface area contributed by atoms with Crippen molar-refractivity contribution < 1.29 is 14.3 Å². The first-order valence-electron chi connectivity index (χ1n) is 4.72. The molecule has 0 unspecified atom stereocenters. The molecular formula is C11H13IO3. The van der Waals surface area contributed by atoms with Crippen LogP contribution in [-0.2, 0) is 9.53 Å². The fourth-order valence-corrected chi connectivity index (χ4v) is 1.38. The second kappa shape index (κ2) is 5.95. The van der Waals surface area contributed by atoms with Crippen LogP contribution in [0.2, 0.25) is 0 Å². The summed E-state index contributed by atoms with van der Waals surface area (Å²) in [5.41, 5.74) is 0. The molecular weight excluding hydrogens is 307 g/mol. The SMILES string of the molecule is CCOC(=O)[C@H](C)Oc1ccc(I)cc1. The topological polar surface area (TPSA) is 35.5 Å². The van der Waals surface area contributed by atoms with E-state index in [1.54, 1.807) is 13.8 Å². The highest BCUT2D eigenvalue weighted by molar-refractivity contribution is 14.1. The number of ether oxygens (including phenoxy) is 2. The third kappa shape index (κ3) is 4.07. The summed E-state index contributed by atoms with van der Waals surface area (Å²) < 4.78 is 11.4. The quantitative estimate of drug-likeness (QED) is 0.632. The maximum Gasteiger partial charge on any atom is 0.347 e. The molecule has 0 aliphatic rings. The second-order valence-electron chi connectivity index (χ2n) is 2.97. The molecule has 0 spiro atoms. The highest BCUT2D eigenvalue weighted by atomic mass is 127. The summed E-state index contributed by atoms with van der Waals surface area (Å²) in [5.74, 6) is 0.340. The van der Waals surface area contributed by atoms with Crippen LogP contribution < -0.4 is 4.74 Å². The van der Waals surface area contributed by atoms with Crippen molar-refractivity contribution in [1.29, 1.82) is 0 Å². The predicted molar refractivity (Wildman–Crippen MR) is 65.9 cm³/mol. The Hall–Kier alpha value is -0.780. The summed E-state index contributed by atoms with van der Waals surface area (Å²) >= 11 is 2.21. The normalized spacial score (nSPS) is 11.9. The molecule has 0 aliphatic heterocycles. The zero-order valence-corrected chi connectivity index (χ0v) is 10.9. The van der Waals surface area contributed by atoms with Crippen molar-refractivity contribution in [2.45, 2.75) is 20.0 Å². The van der Waals surface area contributed by atoms with E-state index in [1.807, 2.05) is 24.3 Å². The van der Waals surface area contributed by atoms with Crippen LogP contribution in [0.4, 0.5) is 0 Å². The molecule has 0 aromatic heterocycles. The van der Waals surface area contributed by atoms with Crippen molar-refractivity contribution >= 4 is 28.6 Å². The van der Waals surface area contributed by atoms with Crippen molar-refractivity contribution in [3.63, 3.8) is 0 Å². The third-order valence-electron chi connectivity index (χ3n) is 1.75. The molecule has 0 aliphatic carbocycles. The van der Waals surface area contributed by atoms with Gasteiger partial charge < -0.3 is 9.47 Å². The molecule has 1 rings (SSSR count). The first-order valence-corrected chi connectivity index (χ1v) is 5.80. The van der Waals surface area contributed by atoms with Gasteiger partial charge >= 0.3 is 5.97 Å². The minimum absolute atomic E-state index is 0.337. The fourth-order valence-electron chi connectivity index (χ4n) is 1.03. The number of halogens is 1. The smallest absolute Gasteiger partial charge is 0.347 e. The molecule has 0 N–H and O–H groups in total. The molecule has 1 aromatic carbocycles. The van der Waals surface area contributed by atoms with Gasteiger partial charge in [-0.2, -0.15) is 0 Å². The standard InChI is InChI=1S/C11H13IO3/c1-3-14-11(13)8(2)15-10-6-4-9(12)5-7-10/h4-8H,3H2,1-2H3/t8-/m0/s1. The summed E-state index contributed by atoms with van der Waals surface area (Å²) in [4.78, 5) is 11.3. The highest BCUT2D eigenvalue weighted by Crippen LogP contribution is 2.15. The Labute approximate surface area is 103 Å². The Bertz CT molecular complexity index is 321. The third-order valence-corrected chi connectivity index (χ3v) is 2.46.